The van der Waals surface area contributed by atoms with Gasteiger partial charge in [-0.25, -0.2) is 10.5 Å². The highest BCUT2D eigenvalue weighted by Crippen LogP contribution is 2.25. The molecule has 8 nitrogen and oxygen atoms in total. The van der Waals surface area contributed by atoms with Crippen molar-refractivity contribution in [3.05, 3.63) is 28.2 Å². The zero-order valence-electron chi connectivity index (χ0n) is 11.5. The molecular weight excluding hydrogens is 290 g/mol. The zero-order chi connectivity index (χ0) is 14.2. The molecule has 0 spiro atoms. The van der Waals surface area contributed by atoms with Gasteiger partial charge >= 0.3 is 0 Å². The molecule has 1 aromatic heterocycles. The van der Waals surface area contributed by atoms with Crippen molar-refractivity contribution in [3.8, 4) is 0 Å². The fourth-order valence-electron chi connectivity index (χ4n) is 2.40. The van der Waals surface area contributed by atoms with Crippen molar-refractivity contribution in [1.29, 1.82) is 0 Å². The Morgan fingerprint density at radius 3 is 3.14 bits per heavy atom. The van der Waals surface area contributed by atoms with Crippen LogP contribution in [0.3, 0.4) is 0 Å². The Balaban J connectivity index is 1.51. The number of nitrogens with one attached hydrogen (secondary N) is 2. The number of hydrazine groups is 2. The summed E-state index contributed by atoms with van der Waals surface area (Å²) in [6.45, 7) is 4.24. The monoisotopic (exact) mass is 305 g/mol. The molecule has 1 unspecified atom stereocenters. The number of thiazole rings is 1. The SMILES string of the molecule is Cc1csc(C2CN(C3=NN4NNN=C4C=C3)CCO2)n1. The third-order valence-corrected chi connectivity index (χ3v) is 4.48. The van der Waals surface area contributed by atoms with Crippen molar-refractivity contribution in [2.24, 2.45) is 10.2 Å². The molecule has 0 saturated carbocycles. The Hall–Kier alpha value is -1.97. The number of ether oxygens (including phenoxy) is 1. The average molecular weight is 305 g/mol. The van der Waals surface area contributed by atoms with E-state index < -0.39 is 0 Å². The number of rotatable bonds is 1. The molecular formula is C12H15N7OS. The minimum absolute atomic E-state index is 0.00766. The van der Waals surface area contributed by atoms with Crippen LogP contribution in [0.2, 0.25) is 0 Å². The average Bonchev–Trinajstić information content (AvgIpc) is 3.15. The number of aromatic nitrogens is 1. The number of hydrogen-bond acceptors (Lipinski definition) is 9. The minimum Gasteiger partial charge on any atom is -0.367 e. The lowest BCUT2D eigenvalue weighted by atomic mass is 10.2. The van der Waals surface area contributed by atoms with Crippen molar-refractivity contribution < 1.29 is 4.74 Å². The van der Waals surface area contributed by atoms with Crippen molar-refractivity contribution in [2.45, 2.75) is 13.0 Å². The van der Waals surface area contributed by atoms with Crippen LogP contribution >= 0.6 is 11.3 Å². The van der Waals surface area contributed by atoms with Crippen LogP contribution in [-0.4, -0.2) is 46.4 Å². The van der Waals surface area contributed by atoms with E-state index in [1.807, 2.05) is 19.1 Å². The standard InChI is InChI=1S/C12H15N7OS/c1-8-7-21-12(13-8)9-6-18(4-5-20-9)11-3-2-10-14-16-17-19(10)15-11/h2-3,7,9,16-17H,4-6H2,1H3. The summed E-state index contributed by atoms with van der Waals surface area (Å²) >= 11 is 1.65. The molecule has 3 aliphatic heterocycles. The van der Waals surface area contributed by atoms with Gasteiger partial charge in [-0.1, -0.05) is 0 Å². The molecule has 4 heterocycles. The Kier molecular flexibility index (Phi) is 3.09. The Morgan fingerprint density at radius 2 is 2.29 bits per heavy atom. The van der Waals surface area contributed by atoms with E-state index in [-0.39, 0.29) is 6.10 Å². The number of hydrazone groups is 2. The van der Waals surface area contributed by atoms with Crippen molar-refractivity contribution in [3.63, 3.8) is 0 Å². The highest BCUT2D eigenvalue weighted by molar-refractivity contribution is 7.09. The van der Waals surface area contributed by atoms with Gasteiger partial charge in [0.1, 0.15) is 11.1 Å². The van der Waals surface area contributed by atoms with Gasteiger partial charge in [0, 0.05) is 17.6 Å². The molecule has 110 valence electrons. The third kappa shape index (κ3) is 2.39. The maximum absolute atomic E-state index is 5.85. The number of hydrogen-bond donors (Lipinski definition) is 2. The van der Waals surface area contributed by atoms with Gasteiger partial charge in [0.15, 0.2) is 11.7 Å². The van der Waals surface area contributed by atoms with Gasteiger partial charge < -0.3 is 9.64 Å². The van der Waals surface area contributed by atoms with E-state index in [1.165, 1.54) is 0 Å². The fraction of sp³-hybridized carbons (Fsp3) is 0.417. The van der Waals surface area contributed by atoms with E-state index in [0.29, 0.717) is 6.61 Å². The summed E-state index contributed by atoms with van der Waals surface area (Å²) in [4.78, 5) is 6.73. The van der Waals surface area contributed by atoms with E-state index in [1.54, 1.807) is 16.5 Å². The summed E-state index contributed by atoms with van der Waals surface area (Å²) in [5.74, 6) is 1.64. The lowest BCUT2D eigenvalue weighted by Gasteiger charge is -2.34. The van der Waals surface area contributed by atoms with E-state index in [0.717, 1.165) is 35.5 Å². The van der Waals surface area contributed by atoms with Crippen LogP contribution in [0, 0.1) is 6.92 Å². The minimum atomic E-state index is 0.00766. The lowest BCUT2D eigenvalue weighted by molar-refractivity contribution is -0.00726. The van der Waals surface area contributed by atoms with Crippen molar-refractivity contribution >= 4 is 23.0 Å². The third-order valence-electron chi connectivity index (χ3n) is 3.43. The lowest BCUT2D eigenvalue weighted by Crippen LogP contribution is -2.46. The van der Waals surface area contributed by atoms with Gasteiger partial charge in [0.05, 0.1) is 13.2 Å². The van der Waals surface area contributed by atoms with Crippen molar-refractivity contribution in [2.75, 3.05) is 19.7 Å². The first-order chi connectivity index (χ1) is 10.3. The van der Waals surface area contributed by atoms with Crippen LogP contribution in [0.4, 0.5) is 0 Å². The second-order valence-corrected chi connectivity index (χ2v) is 5.82. The van der Waals surface area contributed by atoms with Gasteiger partial charge in [-0.15, -0.1) is 27.1 Å². The molecule has 1 fully saturated rings. The molecule has 0 aromatic carbocycles. The number of morpholine rings is 1. The first-order valence-corrected chi connectivity index (χ1v) is 7.61. The van der Waals surface area contributed by atoms with Gasteiger partial charge in [-0.2, -0.15) is 5.12 Å². The zero-order valence-corrected chi connectivity index (χ0v) is 12.3. The number of fused-ring (bicyclic) bond motifs is 1. The van der Waals surface area contributed by atoms with Crippen LogP contribution in [-0.2, 0) is 4.74 Å². The second kappa shape index (κ2) is 5.10. The quantitative estimate of drug-likeness (QED) is 0.779. The predicted molar refractivity (Wildman–Crippen MR) is 79.2 cm³/mol. The van der Waals surface area contributed by atoms with E-state index in [9.17, 15) is 0 Å². The highest BCUT2D eigenvalue weighted by atomic mass is 32.1. The Morgan fingerprint density at radius 1 is 1.38 bits per heavy atom. The van der Waals surface area contributed by atoms with Crippen LogP contribution in [0.25, 0.3) is 0 Å². The summed E-state index contributed by atoms with van der Waals surface area (Å²) in [5, 5.41) is 13.3. The summed E-state index contributed by atoms with van der Waals surface area (Å²) < 4.78 is 5.85. The maximum Gasteiger partial charge on any atom is 0.189 e. The Labute approximate surface area is 125 Å². The summed E-state index contributed by atoms with van der Waals surface area (Å²) in [6, 6.07) is 0. The molecule has 9 heteroatoms. The Bertz CT molecular complexity index is 637. The highest BCUT2D eigenvalue weighted by Gasteiger charge is 2.28. The molecule has 0 aliphatic carbocycles. The van der Waals surface area contributed by atoms with Crippen LogP contribution < -0.4 is 11.1 Å². The number of aryl methyl sites for hydroxylation is 1. The summed E-state index contributed by atoms with van der Waals surface area (Å²) in [7, 11) is 0. The molecule has 2 N–H and O–H groups in total. The van der Waals surface area contributed by atoms with E-state index in [4.69, 9.17) is 4.74 Å². The number of nitrogens with zero attached hydrogens (tertiary/aromatic N) is 5. The van der Waals surface area contributed by atoms with Gasteiger partial charge in [-0.05, 0) is 19.1 Å². The number of amidine groups is 2. The topological polar surface area (TPSA) is 77.4 Å². The van der Waals surface area contributed by atoms with Gasteiger partial charge in [0.2, 0.25) is 0 Å². The predicted octanol–water partition coefficient (Wildman–Crippen LogP) is 0.346. The molecule has 0 radical (unpaired) electrons. The normalized spacial score (nSPS) is 24.5. The smallest absolute Gasteiger partial charge is 0.189 e. The van der Waals surface area contributed by atoms with Gasteiger partial charge in [-0.3, -0.25) is 0 Å². The van der Waals surface area contributed by atoms with Crippen LogP contribution in [0.5, 0.6) is 0 Å². The largest absolute Gasteiger partial charge is 0.367 e. The maximum atomic E-state index is 5.85. The molecule has 1 atom stereocenters. The van der Waals surface area contributed by atoms with E-state index in [2.05, 4.69) is 36.5 Å². The summed E-state index contributed by atoms with van der Waals surface area (Å²) in [6.07, 6.45) is 3.90. The first-order valence-electron chi connectivity index (χ1n) is 6.73. The first kappa shape index (κ1) is 12.7. The van der Waals surface area contributed by atoms with Gasteiger partial charge in [0.25, 0.3) is 0 Å². The molecule has 4 rings (SSSR count). The molecule has 21 heavy (non-hydrogen) atoms. The molecule has 1 saturated heterocycles. The molecule has 1 aromatic rings. The second-order valence-electron chi connectivity index (χ2n) is 4.93. The van der Waals surface area contributed by atoms with E-state index >= 15 is 0 Å². The molecule has 0 bridgehead atoms. The fourth-order valence-corrected chi connectivity index (χ4v) is 3.23. The van der Waals surface area contributed by atoms with Crippen molar-refractivity contribution in [1.82, 2.24) is 26.1 Å². The van der Waals surface area contributed by atoms with Crippen LogP contribution in [0.15, 0.2) is 27.7 Å². The summed E-state index contributed by atoms with van der Waals surface area (Å²) in [5.41, 5.74) is 6.57. The van der Waals surface area contributed by atoms with Crippen LogP contribution in [0.1, 0.15) is 16.8 Å². The molecule has 0 amide bonds. The molecule has 3 aliphatic rings.